The van der Waals surface area contributed by atoms with Gasteiger partial charge in [0, 0.05) is 18.3 Å². The predicted octanol–water partition coefficient (Wildman–Crippen LogP) is 1.46. The Hall–Kier alpha value is -3.88. The van der Waals surface area contributed by atoms with Crippen LogP contribution < -0.4 is 20.7 Å². The first kappa shape index (κ1) is 20.8. The molecule has 1 fully saturated rings. The fraction of sp³-hybridized carbons (Fsp3) is 0.238. The average molecular weight is 410 g/mol. The van der Waals surface area contributed by atoms with E-state index in [9.17, 15) is 19.2 Å². The topological polar surface area (TPSA) is 117 Å². The van der Waals surface area contributed by atoms with Crippen LogP contribution in [0.1, 0.15) is 22.8 Å². The van der Waals surface area contributed by atoms with E-state index in [1.54, 1.807) is 55.5 Å². The zero-order valence-electron chi connectivity index (χ0n) is 16.8. The van der Waals surface area contributed by atoms with Gasteiger partial charge in [0.1, 0.15) is 17.8 Å². The molecule has 1 aliphatic heterocycles. The van der Waals surface area contributed by atoms with Crippen molar-refractivity contribution < 1.29 is 23.9 Å². The van der Waals surface area contributed by atoms with Gasteiger partial charge in [-0.25, -0.2) is 4.79 Å². The molecule has 0 bridgehead atoms. The van der Waals surface area contributed by atoms with Gasteiger partial charge in [-0.05, 0) is 48.9 Å². The van der Waals surface area contributed by atoms with Crippen LogP contribution in [-0.4, -0.2) is 49.4 Å². The summed E-state index contributed by atoms with van der Waals surface area (Å²) < 4.78 is 5.18. The lowest BCUT2D eigenvalue weighted by molar-refractivity contribution is -0.133. The van der Waals surface area contributed by atoms with Gasteiger partial charge in [0.15, 0.2) is 0 Å². The zero-order chi connectivity index (χ0) is 21.9. The first-order chi connectivity index (χ1) is 14.3. The van der Waals surface area contributed by atoms with E-state index in [0.29, 0.717) is 22.6 Å². The van der Waals surface area contributed by atoms with Crippen molar-refractivity contribution in [3.8, 4) is 5.75 Å². The number of ether oxygens (including phenoxy) is 1. The third-order valence-corrected chi connectivity index (χ3v) is 4.88. The summed E-state index contributed by atoms with van der Waals surface area (Å²) in [5.74, 6) is -0.775. The van der Waals surface area contributed by atoms with Gasteiger partial charge in [-0.15, -0.1) is 0 Å². The van der Waals surface area contributed by atoms with Gasteiger partial charge >= 0.3 is 6.03 Å². The summed E-state index contributed by atoms with van der Waals surface area (Å²) in [5, 5.41) is 7.77. The van der Waals surface area contributed by atoms with Crippen LogP contribution >= 0.6 is 0 Å². The Morgan fingerprint density at radius 1 is 1.13 bits per heavy atom. The van der Waals surface area contributed by atoms with Crippen LogP contribution in [0.2, 0.25) is 0 Å². The molecule has 156 valence electrons. The molecule has 30 heavy (non-hydrogen) atoms. The molecule has 3 N–H and O–H groups in total. The first-order valence-electron chi connectivity index (χ1n) is 9.19. The Balaban J connectivity index is 1.70. The molecular weight excluding hydrogens is 388 g/mol. The monoisotopic (exact) mass is 410 g/mol. The highest BCUT2D eigenvalue weighted by Crippen LogP contribution is 2.30. The van der Waals surface area contributed by atoms with Crippen molar-refractivity contribution in [3.05, 3.63) is 59.7 Å². The standard InChI is InChI=1S/C21H22N4O5/c1-21(14-5-4-6-16(11-14)30-3)19(28)25(20(29)24-21)12-17(26)23-15-9-7-13(8-10-15)18(27)22-2/h4-11H,12H2,1-3H3,(H,22,27)(H,23,26)(H,24,29)/t21-/m0/s1. The van der Waals surface area contributed by atoms with E-state index in [-0.39, 0.29) is 5.91 Å². The largest absolute Gasteiger partial charge is 0.497 e. The number of hydrogen-bond donors (Lipinski definition) is 3. The van der Waals surface area contributed by atoms with E-state index in [4.69, 9.17) is 4.74 Å². The number of methoxy groups -OCH3 is 1. The van der Waals surface area contributed by atoms with Crippen LogP contribution in [0.25, 0.3) is 0 Å². The zero-order valence-corrected chi connectivity index (χ0v) is 16.8. The fourth-order valence-electron chi connectivity index (χ4n) is 3.16. The Morgan fingerprint density at radius 2 is 1.83 bits per heavy atom. The molecule has 0 saturated carbocycles. The lowest BCUT2D eigenvalue weighted by Gasteiger charge is -2.22. The highest BCUT2D eigenvalue weighted by atomic mass is 16.5. The van der Waals surface area contributed by atoms with Crippen LogP contribution in [0.3, 0.4) is 0 Å². The predicted molar refractivity (Wildman–Crippen MR) is 109 cm³/mol. The SMILES string of the molecule is CNC(=O)c1ccc(NC(=O)CN2C(=O)N[C@@](C)(c3cccc(OC)c3)C2=O)cc1. The number of urea groups is 1. The molecule has 3 rings (SSSR count). The maximum atomic E-state index is 13.0. The molecule has 1 heterocycles. The average Bonchev–Trinajstić information content (AvgIpc) is 2.97. The number of hydrogen-bond acceptors (Lipinski definition) is 5. The molecule has 1 aliphatic rings. The summed E-state index contributed by atoms with van der Waals surface area (Å²) in [5.41, 5.74) is 0.128. The minimum absolute atomic E-state index is 0.246. The number of amides is 5. The molecule has 9 heteroatoms. The molecule has 9 nitrogen and oxygen atoms in total. The molecule has 2 aromatic carbocycles. The quantitative estimate of drug-likeness (QED) is 0.624. The van der Waals surface area contributed by atoms with Gasteiger partial charge in [-0.3, -0.25) is 19.3 Å². The second-order valence-electron chi connectivity index (χ2n) is 6.88. The molecule has 0 aromatic heterocycles. The van der Waals surface area contributed by atoms with Gasteiger partial charge in [0.25, 0.3) is 11.8 Å². The maximum Gasteiger partial charge on any atom is 0.325 e. The molecule has 2 aromatic rings. The lowest BCUT2D eigenvalue weighted by Crippen LogP contribution is -2.42. The summed E-state index contributed by atoms with van der Waals surface area (Å²) in [4.78, 5) is 50.2. The van der Waals surface area contributed by atoms with Crippen LogP contribution in [0, 0.1) is 0 Å². The second kappa shape index (κ2) is 8.24. The lowest BCUT2D eigenvalue weighted by atomic mass is 9.92. The number of nitrogens with zero attached hydrogens (tertiary/aromatic N) is 1. The third kappa shape index (κ3) is 3.95. The highest BCUT2D eigenvalue weighted by Gasteiger charge is 2.49. The van der Waals surface area contributed by atoms with Crippen molar-refractivity contribution >= 4 is 29.4 Å². The second-order valence-corrected chi connectivity index (χ2v) is 6.88. The van der Waals surface area contributed by atoms with Crippen molar-refractivity contribution in [2.24, 2.45) is 0 Å². The number of carbonyl (C=O) groups is 4. The summed E-state index contributed by atoms with van der Waals surface area (Å²) in [7, 11) is 3.03. The van der Waals surface area contributed by atoms with Crippen LogP contribution in [-0.2, 0) is 15.1 Å². The number of anilines is 1. The number of benzene rings is 2. The fourth-order valence-corrected chi connectivity index (χ4v) is 3.16. The van der Waals surface area contributed by atoms with E-state index in [0.717, 1.165) is 4.90 Å². The van der Waals surface area contributed by atoms with E-state index in [1.165, 1.54) is 14.2 Å². The number of nitrogens with one attached hydrogen (secondary N) is 3. The van der Waals surface area contributed by atoms with Crippen molar-refractivity contribution in [1.82, 2.24) is 15.5 Å². The first-order valence-corrected chi connectivity index (χ1v) is 9.19. The number of imide groups is 1. The van der Waals surface area contributed by atoms with E-state index >= 15 is 0 Å². The number of rotatable bonds is 6. The molecule has 0 spiro atoms. The van der Waals surface area contributed by atoms with E-state index < -0.39 is 29.9 Å². The van der Waals surface area contributed by atoms with Gasteiger partial charge < -0.3 is 20.7 Å². The summed E-state index contributed by atoms with van der Waals surface area (Å²) in [6, 6.07) is 12.4. The summed E-state index contributed by atoms with van der Waals surface area (Å²) in [6.45, 7) is 1.14. The van der Waals surface area contributed by atoms with Crippen molar-refractivity contribution in [1.29, 1.82) is 0 Å². The molecule has 0 radical (unpaired) electrons. The van der Waals surface area contributed by atoms with Crippen LogP contribution in [0.5, 0.6) is 5.75 Å². The summed E-state index contributed by atoms with van der Waals surface area (Å²) in [6.07, 6.45) is 0. The van der Waals surface area contributed by atoms with Crippen LogP contribution in [0.4, 0.5) is 10.5 Å². The Morgan fingerprint density at radius 3 is 2.47 bits per heavy atom. The van der Waals surface area contributed by atoms with Gasteiger partial charge in [0.2, 0.25) is 5.91 Å². The highest BCUT2D eigenvalue weighted by molar-refractivity contribution is 6.10. The molecule has 1 atom stereocenters. The molecule has 0 unspecified atom stereocenters. The van der Waals surface area contributed by atoms with Crippen molar-refractivity contribution in [3.63, 3.8) is 0 Å². The van der Waals surface area contributed by atoms with Gasteiger partial charge in [-0.1, -0.05) is 12.1 Å². The minimum Gasteiger partial charge on any atom is -0.497 e. The van der Waals surface area contributed by atoms with Gasteiger partial charge in [-0.2, -0.15) is 0 Å². The van der Waals surface area contributed by atoms with E-state index in [2.05, 4.69) is 16.0 Å². The summed E-state index contributed by atoms with van der Waals surface area (Å²) >= 11 is 0. The van der Waals surface area contributed by atoms with Crippen molar-refractivity contribution in [2.45, 2.75) is 12.5 Å². The molecule has 0 aliphatic carbocycles. The molecule has 5 amide bonds. The van der Waals surface area contributed by atoms with E-state index in [1.807, 2.05) is 0 Å². The van der Waals surface area contributed by atoms with Crippen molar-refractivity contribution in [2.75, 3.05) is 26.0 Å². The Kier molecular flexibility index (Phi) is 5.72. The Labute approximate surface area is 173 Å². The normalized spacial score (nSPS) is 18.0. The third-order valence-electron chi connectivity index (χ3n) is 4.88. The van der Waals surface area contributed by atoms with Crippen LogP contribution in [0.15, 0.2) is 48.5 Å². The smallest absolute Gasteiger partial charge is 0.325 e. The number of carbonyl (C=O) groups excluding carboxylic acids is 4. The molecule has 1 saturated heterocycles. The minimum atomic E-state index is -1.30. The Bertz CT molecular complexity index is 1000. The maximum absolute atomic E-state index is 13.0. The van der Waals surface area contributed by atoms with Gasteiger partial charge in [0.05, 0.1) is 7.11 Å². The molecular formula is C21H22N4O5.